The number of rotatable bonds is 6. The van der Waals surface area contributed by atoms with Crippen molar-refractivity contribution in [2.75, 3.05) is 10.6 Å². The fraction of sp³-hybridized carbons (Fsp3) is 0.269. The zero-order valence-corrected chi connectivity index (χ0v) is 18.8. The van der Waals surface area contributed by atoms with E-state index in [2.05, 4.69) is 16.0 Å². The van der Waals surface area contributed by atoms with Gasteiger partial charge in [-0.3, -0.25) is 4.79 Å². The van der Waals surface area contributed by atoms with Gasteiger partial charge in [-0.25, -0.2) is 18.4 Å². The highest BCUT2D eigenvalue weighted by atomic mass is 19.1. The zero-order chi connectivity index (χ0) is 24.9. The van der Waals surface area contributed by atoms with Crippen molar-refractivity contribution in [1.82, 2.24) is 5.32 Å². The maximum atomic E-state index is 14.0. The van der Waals surface area contributed by atoms with Crippen molar-refractivity contribution >= 4 is 40.1 Å². The maximum Gasteiger partial charge on any atom is 0.326 e. The fourth-order valence-electron chi connectivity index (χ4n) is 4.48. The van der Waals surface area contributed by atoms with E-state index in [1.807, 2.05) is 0 Å². The minimum Gasteiger partial charge on any atom is -0.480 e. The number of halogens is 2. The van der Waals surface area contributed by atoms with Crippen molar-refractivity contribution in [3.63, 3.8) is 0 Å². The summed E-state index contributed by atoms with van der Waals surface area (Å²) in [5.74, 6) is -3.87. The van der Waals surface area contributed by atoms with Gasteiger partial charge in [-0.1, -0.05) is 49.6 Å². The number of urea groups is 1. The van der Waals surface area contributed by atoms with Gasteiger partial charge in [-0.05, 0) is 53.8 Å². The number of carbonyl (C=O) groups excluding carboxylic acids is 2. The van der Waals surface area contributed by atoms with Crippen LogP contribution in [0.15, 0.2) is 54.6 Å². The van der Waals surface area contributed by atoms with Gasteiger partial charge in [0.15, 0.2) is 0 Å². The molecule has 3 aromatic carbocycles. The van der Waals surface area contributed by atoms with Crippen LogP contribution < -0.4 is 16.0 Å². The van der Waals surface area contributed by atoms with E-state index < -0.39 is 41.3 Å². The first-order valence-corrected chi connectivity index (χ1v) is 11.4. The number of benzene rings is 3. The molecule has 3 amide bonds. The van der Waals surface area contributed by atoms with Crippen LogP contribution in [0.4, 0.5) is 25.0 Å². The van der Waals surface area contributed by atoms with Gasteiger partial charge in [0.05, 0.1) is 11.3 Å². The molecule has 1 saturated carbocycles. The van der Waals surface area contributed by atoms with Gasteiger partial charge in [0.1, 0.15) is 23.4 Å². The molecule has 7 nitrogen and oxygen atoms in total. The number of para-hydroxylation sites is 1. The lowest BCUT2D eigenvalue weighted by atomic mass is 9.83. The Kier molecular flexibility index (Phi) is 7.24. The van der Waals surface area contributed by atoms with Crippen molar-refractivity contribution in [1.29, 1.82) is 0 Å². The Balaban J connectivity index is 1.63. The predicted molar refractivity (Wildman–Crippen MR) is 128 cm³/mol. The first-order chi connectivity index (χ1) is 16.8. The molecule has 0 heterocycles. The molecule has 1 aliphatic rings. The van der Waals surface area contributed by atoms with Crippen LogP contribution in [0.5, 0.6) is 0 Å². The molecule has 1 fully saturated rings. The van der Waals surface area contributed by atoms with Gasteiger partial charge in [0.2, 0.25) is 0 Å². The Hall–Kier alpha value is -4.01. The number of hydrogen-bond donors (Lipinski definition) is 4. The highest BCUT2D eigenvalue weighted by molar-refractivity contribution is 6.10. The van der Waals surface area contributed by atoms with Crippen LogP contribution in [0.25, 0.3) is 10.8 Å². The highest BCUT2D eigenvalue weighted by Gasteiger charge is 2.31. The van der Waals surface area contributed by atoms with E-state index in [0.717, 1.165) is 31.4 Å². The van der Waals surface area contributed by atoms with Gasteiger partial charge in [-0.15, -0.1) is 0 Å². The first kappa shape index (κ1) is 24.1. The Bertz CT molecular complexity index is 1250. The summed E-state index contributed by atoms with van der Waals surface area (Å²) >= 11 is 0. The second-order valence-corrected chi connectivity index (χ2v) is 8.61. The molecule has 0 radical (unpaired) electrons. The molecular weight excluding hydrogens is 456 g/mol. The van der Waals surface area contributed by atoms with E-state index in [4.69, 9.17) is 0 Å². The van der Waals surface area contributed by atoms with Gasteiger partial charge in [-0.2, -0.15) is 0 Å². The summed E-state index contributed by atoms with van der Waals surface area (Å²) in [5.41, 5.74) is -0.516. The SMILES string of the molecule is O=C(Nc1cc2ccccc2cc1C(=O)N[C@H](C(=O)O)C1CCCCC1)Nc1c(F)cccc1F. The number of anilines is 2. The third-order valence-electron chi connectivity index (χ3n) is 6.25. The number of hydrogen-bond acceptors (Lipinski definition) is 3. The van der Waals surface area contributed by atoms with Crippen LogP contribution in [-0.4, -0.2) is 29.1 Å². The molecule has 9 heteroatoms. The lowest BCUT2D eigenvalue weighted by Gasteiger charge is -2.28. The Morgan fingerprint density at radius 1 is 0.857 bits per heavy atom. The summed E-state index contributed by atoms with van der Waals surface area (Å²) in [5, 5.41) is 18.4. The van der Waals surface area contributed by atoms with Gasteiger partial charge in [0, 0.05) is 0 Å². The number of amides is 3. The molecule has 1 atom stereocenters. The fourth-order valence-corrected chi connectivity index (χ4v) is 4.48. The molecule has 4 rings (SSSR count). The smallest absolute Gasteiger partial charge is 0.326 e. The predicted octanol–water partition coefficient (Wildman–Crippen LogP) is 5.53. The maximum absolute atomic E-state index is 14.0. The summed E-state index contributed by atoms with van der Waals surface area (Å²) in [6.45, 7) is 0. The molecule has 182 valence electrons. The molecule has 0 bridgehead atoms. The van der Waals surface area contributed by atoms with E-state index in [9.17, 15) is 28.3 Å². The number of carboxylic acid groups (broad SMARTS) is 1. The Labute approximate surface area is 200 Å². The minimum atomic E-state index is -1.12. The van der Waals surface area contributed by atoms with Gasteiger partial charge < -0.3 is 21.1 Å². The van der Waals surface area contributed by atoms with E-state index >= 15 is 0 Å². The number of fused-ring (bicyclic) bond motifs is 1. The zero-order valence-electron chi connectivity index (χ0n) is 18.8. The van der Waals surface area contributed by atoms with Gasteiger partial charge >= 0.3 is 12.0 Å². The number of carboxylic acids is 1. The van der Waals surface area contributed by atoms with Crippen LogP contribution in [0.2, 0.25) is 0 Å². The molecule has 0 aliphatic heterocycles. The number of aliphatic carboxylic acids is 1. The molecule has 0 unspecified atom stereocenters. The third kappa shape index (κ3) is 5.56. The van der Waals surface area contributed by atoms with Crippen LogP contribution in [0.1, 0.15) is 42.5 Å². The molecule has 0 aromatic heterocycles. The molecular formula is C26H25F2N3O4. The van der Waals surface area contributed by atoms with Crippen molar-refractivity contribution in [3.05, 3.63) is 71.8 Å². The summed E-state index contributed by atoms with van der Waals surface area (Å²) in [7, 11) is 0. The molecule has 4 N–H and O–H groups in total. The van der Waals surface area contributed by atoms with E-state index in [1.165, 1.54) is 6.07 Å². The summed E-state index contributed by atoms with van der Waals surface area (Å²) < 4.78 is 27.9. The molecule has 3 aromatic rings. The topological polar surface area (TPSA) is 108 Å². The Morgan fingerprint density at radius 3 is 2.11 bits per heavy atom. The lowest BCUT2D eigenvalue weighted by Crippen LogP contribution is -2.46. The molecule has 1 aliphatic carbocycles. The monoisotopic (exact) mass is 481 g/mol. The van der Waals surface area contributed by atoms with E-state index in [0.29, 0.717) is 23.6 Å². The van der Waals surface area contributed by atoms with Crippen molar-refractivity contribution < 1.29 is 28.3 Å². The second kappa shape index (κ2) is 10.5. The normalized spacial score (nSPS) is 14.8. The third-order valence-corrected chi connectivity index (χ3v) is 6.25. The van der Waals surface area contributed by atoms with Crippen molar-refractivity contribution in [2.45, 2.75) is 38.1 Å². The van der Waals surface area contributed by atoms with Crippen LogP contribution in [0, 0.1) is 17.6 Å². The van der Waals surface area contributed by atoms with Crippen LogP contribution >= 0.6 is 0 Å². The molecule has 0 spiro atoms. The standard InChI is InChI=1S/C26H25F2N3O4/c27-19-11-6-12-20(28)23(19)31-26(35)29-21-14-17-10-5-4-9-16(17)13-18(21)24(32)30-22(25(33)34)15-7-2-1-3-8-15/h4-6,9-15,22H,1-3,7-8H2,(H,30,32)(H,33,34)(H2,29,31,35)/t22-/m0/s1. The van der Waals surface area contributed by atoms with Crippen molar-refractivity contribution in [3.8, 4) is 0 Å². The van der Waals surface area contributed by atoms with Crippen LogP contribution in [0.3, 0.4) is 0 Å². The van der Waals surface area contributed by atoms with Crippen LogP contribution in [-0.2, 0) is 4.79 Å². The van der Waals surface area contributed by atoms with E-state index in [-0.39, 0.29) is 17.2 Å². The summed E-state index contributed by atoms with van der Waals surface area (Å²) in [6.07, 6.45) is 4.25. The van der Waals surface area contributed by atoms with Gasteiger partial charge in [0.25, 0.3) is 5.91 Å². The largest absolute Gasteiger partial charge is 0.480 e. The summed E-state index contributed by atoms with van der Waals surface area (Å²) in [6, 6.07) is 11.4. The molecule has 35 heavy (non-hydrogen) atoms. The average molecular weight is 481 g/mol. The first-order valence-electron chi connectivity index (χ1n) is 11.4. The number of carbonyl (C=O) groups is 3. The lowest BCUT2D eigenvalue weighted by molar-refractivity contribution is -0.141. The second-order valence-electron chi connectivity index (χ2n) is 8.61. The number of nitrogens with one attached hydrogen (secondary N) is 3. The summed E-state index contributed by atoms with van der Waals surface area (Å²) in [4.78, 5) is 37.8. The van der Waals surface area contributed by atoms with Crippen molar-refractivity contribution in [2.24, 2.45) is 5.92 Å². The molecule has 0 saturated heterocycles. The van der Waals surface area contributed by atoms with E-state index in [1.54, 1.807) is 36.4 Å². The quantitative estimate of drug-likeness (QED) is 0.372. The minimum absolute atomic E-state index is 0.0370. The average Bonchev–Trinajstić information content (AvgIpc) is 2.84. The highest BCUT2D eigenvalue weighted by Crippen LogP contribution is 2.29. The Morgan fingerprint density at radius 2 is 1.49 bits per heavy atom.